The lowest BCUT2D eigenvalue weighted by molar-refractivity contribution is 0.305. The minimum Gasteiger partial charge on any atom is -0.468 e. The van der Waals surface area contributed by atoms with E-state index in [1.54, 1.807) is 18.0 Å². The van der Waals surface area contributed by atoms with Crippen LogP contribution in [0.3, 0.4) is 0 Å². The highest BCUT2D eigenvalue weighted by atomic mass is 32.2. The summed E-state index contributed by atoms with van der Waals surface area (Å²) in [5, 5.41) is 8.67. The van der Waals surface area contributed by atoms with E-state index in [1.807, 2.05) is 18.2 Å². The molecule has 4 heteroatoms. The largest absolute Gasteiger partial charge is 0.468 e. The van der Waals surface area contributed by atoms with Gasteiger partial charge in [0.15, 0.2) is 0 Å². The normalized spacial score (nSPS) is 10.1. The van der Waals surface area contributed by atoms with Crippen LogP contribution in [-0.2, 0) is 11.5 Å². The molecular formula is C16H15FO2S. The first-order valence-corrected chi connectivity index (χ1v) is 7.43. The van der Waals surface area contributed by atoms with E-state index in [0.29, 0.717) is 17.7 Å². The summed E-state index contributed by atoms with van der Waals surface area (Å²) in [6, 6.07) is 8.58. The highest BCUT2D eigenvalue weighted by molar-refractivity contribution is 7.97. The molecule has 0 aliphatic heterocycles. The number of aliphatic hydroxyl groups excluding tert-OH is 1. The Morgan fingerprint density at radius 3 is 2.90 bits per heavy atom. The third-order valence-electron chi connectivity index (χ3n) is 2.52. The molecule has 0 radical (unpaired) electrons. The molecule has 0 spiro atoms. The summed E-state index contributed by atoms with van der Waals surface area (Å²) >= 11 is 1.66. The molecule has 2 aromatic rings. The Labute approximate surface area is 122 Å². The number of furan rings is 1. The average molecular weight is 290 g/mol. The minimum atomic E-state index is -0.283. The number of benzene rings is 1. The highest BCUT2D eigenvalue weighted by Gasteiger charge is 2.01. The standard InChI is InChI=1S/C16H15FO2S/c17-15-9-13(4-1-2-6-18)8-14(10-15)11-20-12-16-5-3-7-19-16/h3,5,7-10,18H,2,6,11-12H2. The maximum absolute atomic E-state index is 13.5. The Hall–Kier alpha value is -1.70. The second-order valence-electron chi connectivity index (χ2n) is 4.20. The summed E-state index contributed by atoms with van der Waals surface area (Å²) < 4.78 is 18.7. The number of hydrogen-bond acceptors (Lipinski definition) is 3. The predicted molar refractivity (Wildman–Crippen MR) is 78.7 cm³/mol. The van der Waals surface area contributed by atoms with E-state index < -0.39 is 0 Å². The summed E-state index contributed by atoms with van der Waals surface area (Å²) in [7, 11) is 0. The van der Waals surface area contributed by atoms with Crippen molar-refractivity contribution >= 4 is 11.8 Å². The molecule has 2 rings (SSSR count). The predicted octanol–water partition coefficient (Wildman–Crippen LogP) is 3.59. The van der Waals surface area contributed by atoms with Crippen LogP contribution >= 0.6 is 11.8 Å². The third kappa shape index (κ3) is 4.76. The Morgan fingerprint density at radius 2 is 2.15 bits per heavy atom. The molecule has 1 heterocycles. The quantitative estimate of drug-likeness (QED) is 0.854. The van der Waals surface area contributed by atoms with Crippen LogP contribution in [0.5, 0.6) is 0 Å². The van der Waals surface area contributed by atoms with E-state index in [1.165, 1.54) is 12.1 Å². The summed E-state index contributed by atoms with van der Waals surface area (Å²) in [5.41, 5.74) is 1.54. The Kier molecular flexibility index (Phi) is 5.72. The second-order valence-corrected chi connectivity index (χ2v) is 5.18. The van der Waals surface area contributed by atoms with E-state index in [9.17, 15) is 4.39 Å². The third-order valence-corrected chi connectivity index (χ3v) is 3.55. The fourth-order valence-electron chi connectivity index (χ4n) is 1.69. The first-order valence-electron chi connectivity index (χ1n) is 6.27. The molecule has 0 saturated carbocycles. The summed E-state index contributed by atoms with van der Waals surface area (Å²) in [5.74, 6) is 7.74. The topological polar surface area (TPSA) is 33.4 Å². The Morgan fingerprint density at radius 1 is 1.25 bits per heavy atom. The van der Waals surface area contributed by atoms with Crippen LogP contribution < -0.4 is 0 Å². The number of halogens is 1. The van der Waals surface area contributed by atoms with Gasteiger partial charge >= 0.3 is 0 Å². The minimum absolute atomic E-state index is 0.0220. The molecule has 104 valence electrons. The van der Waals surface area contributed by atoms with E-state index in [0.717, 1.165) is 17.1 Å². The van der Waals surface area contributed by atoms with Gasteiger partial charge in [-0.1, -0.05) is 11.8 Å². The van der Waals surface area contributed by atoms with Crippen molar-refractivity contribution in [2.75, 3.05) is 6.61 Å². The van der Waals surface area contributed by atoms with Crippen molar-refractivity contribution in [3.8, 4) is 11.8 Å². The van der Waals surface area contributed by atoms with Crippen LogP contribution in [0.1, 0.15) is 23.3 Å². The lowest BCUT2D eigenvalue weighted by atomic mass is 10.1. The van der Waals surface area contributed by atoms with Crippen molar-refractivity contribution < 1.29 is 13.9 Å². The van der Waals surface area contributed by atoms with E-state index in [2.05, 4.69) is 11.8 Å². The molecule has 0 saturated heterocycles. The molecule has 1 N–H and O–H groups in total. The van der Waals surface area contributed by atoms with Crippen LogP contribution in [0, 0.1) is 17.7 Å². The molecule has 1 aromatic carbocycles. The fraction of sp³-hybridized carbons (Fsp3) is 0.250. The van der Waals surface area contributed by atoms with Gasteiger partial charge in [0, 0.05) is 17.7 Å². The molecule has 0 aliphatic rings. The van der Waals surface area contributed by atoms with Crippen molar-refractivity contribution in [2.45, 2.75) is 17.9 Å². The molecule has 0 fully saturated rings. The van der Waals surface area contributed by atoms with Gasteiger partial charge in [0.25, 0.3) is 0 Å². The Balaban J connectivity index is 1.95. The zero-order valence-electron chi connectivity index (χ0n) is 10.9. The fourth-order valence-corrected chi connectivity index (χ4v) is 2.56. The Bertz CT molecular complexity index is 597. The van der Waals surface area contributed by atoms with Crippen molar-refractivity contribution in [1.82, 2.24) is 0 Å². The van der Waals surface area contributed by atoms with Gasteiger partial charge in [-0.15, -0.1) is 11.8 Å². The van der Waals surface area contributed by atoms with Gasteiger partial charge in [0.1, 0.15) is 11.6 Å². The second kappa shape index (κ2) is 7.78. The first-order chi connectivity index (χ1) is 9.78. The van der Waals surface area contributed by atoms with Gasteiger partial charge in [-0.3, -0.25) is 0 Å². The average Bonchev–Trinajstić information content (AvgIpc) is 2.92. The van der Waals surface area contributed by atoms with Crippen molar-refractivity contribution in [3.63, 3.8) is 0 Å². The van der Waals surface area contributed by atoms with Crippen LogP contribution in [-0.4, -0.2) is 11.7 Å². The van der Waals surface area contributed by atoms with E-state index in [4.69, 9.17) is 9.52 Å². The van der Waals surface area contributed by atoms with Crippen LogP contribution in [0.25, 0.3) is 0 Å². The summed E-state index contributed by atoms with van der Waals surface area (Å²) in [6.07, 6.45) is 2.05. The summed E-state index contributed by atoms with van der Waals surface area (Å²) in [6.45, 7) is 0.0220. The maximum Gasteiger partial charge on any atom is 0.124 e. The van der Waals surface area contributed by atoms with Gasteiger partial charge in [-0.25, -0.2) is 4.39 Å². The van der Waals surface area contributed by atoms with Gasteiger partial charge < -0.3 is 9.52 Å². The van der Waals surface area contributed by atoms with E-state index >= 15 is 0 Å². The maximum atomic E-state index is 13.5. The highest BCUT2D eigenvalue weighted by Crippen LogP contribution is 2.19. The molecule has 0 aliphatic carbocycles. The first kappa shape index (κ1) is 14.7. The molecule has 1 aromatic heterocycles. The SMILES string of the molecule is OCCC#Cc1cc(F)cc(CSCc2ccco2)c1. The molecule has 0 atom stereocenters. The van der Waals surface area contributed by atoms with Crippen molar-refractivity contribution in [2.24, 2.45) is 0 Å². The molecule has 0 amide bonds. The lowest BCUT2D eigenvalue weighted by Gasteiger charge is -2.02. The molecule has 2 nitrogen and oxygen atoms in total. The van der Waals surface area contributed by atoms with Gasteiger partial charge in [0.05, 0.1) is 18.6 Å². The molecule has 20 heavy (non-hydrogen) atoms. The lowest BCUT2D eigenvalue weighted by Crippen LogP contribution is -1.88. The van der Waals surface area contributed by atoms with Crippen molar-refractivity contribution in [3.05, 3.63) is 59.3 Å². The van der Waals surface area contributed by atoms with Gasteiger partial charge in [-0.2, -0.15) is 0 Å². The zero-order chi connectivity index (χ0) is 14.2. The van der Waals surface area contributed by atoms with E-state index in [-0.39, 0.29) is 12.4 Å². The summed E-state index contributed by atoms with van der Waals surface area (Å²) in [4.78, 5) is 0. The van der Waals surface area contributed by atoms with Gasteiger partial charge in [0.2, 0.25) is 0 Å². The van der Waals surface area contributed by atoms with Gasteiger partial charge in [-0.05, 0) is 35.9 Å². The monoisotopic (exact) mass is 290 g/mol. The number of aliphatic hydroxyl groups is 1. The number of thioether (sulfide) groups is 1. The molecular weight excluding hydrogens is 275 g/mol. The zero-order valence-corrected chi connectivity index (χ0v) is 11.8. The molecule has 0 bridgehead atoms. The smallest absolute Gasteiger partial charge is 0.124 e. The van der Waals surface area contributed by atoms with Crippen molar-refractivity contribution in [1.29, 1.82) is 0 Å². The van der Waals surface area contributed by atoms with Crippen LogP contribution in [0.15, 0.2) is 41.0 Å². The van der Waals surface area contributed by atoms with Crippen LogP contribution in [0.2, 0.25) is 0 Å². The molecule has 0 unspecified atom stereocenters. The van der Waals surface area contributed by atoms with Crippen LogP contribution in [0.4, 0.5) is 4.39 Å². The number of rotatable bonds is 5. The number of hydrogen-bond donors (Lipinski definition) is 1.